The topological polar surface area (TPSA) is 41.9 Å². The number of fused-ring (bicyclic) bond motifs is 1. The number of benzene rings is 1. The molecule has 0 saturated carbocycles. The SMILES string of the molecule is COc1ccc(N2C(=O)C3C=C(Cl)C=CC3=NC2=S)cc1. The molecule has 0 bridgehead atoms. The van der Waals surface area contributed by atoms with Gasteiger partial charge in [0.25, 0.3) is 0 Å². The minimum atomic E-state index is -0.490. The Morgan fingerprint density at radius 3 is 2.67 bits per heavy atom. The molecule has 1 aromatic rings. The lowest BCUT2D eigenvalue weighted by molar-refractivity contribution is -0.118. The van der Waals surface area contributed by atoms with Crippen molar-refractivity contribution in [2.24, 2.45) is 10.9 Å². The molecule has 0 fully saturated rings. The second-order valence-corrected chi connectivity index (χ2v) is 5.36. The van der Waals surface area contributed by atoms with E-state index >= 15 is 0 Å². The molecule has 1 amide bonds. The maximum absolute atomic E-state index is 12.7. The molecule has 0 N–H and O–H groups in total. The van der Waals surface area contributed by atoms with Crippen LogP contribution < -0.4 is 9.64 Å². The third-order valence-electron chi connectivity index (χ3n) is 3.29. The molecule has 1 atom stereocenters. The number of anilines is 1. The first-order chi connectivity index (χ1) is 10.1. The molecule has 21 heavy (non-hydrogen) atoms. The molecule has 1 aromatic carbocycles. The van der Waals surface area contributed by atoms with Crippen molar-refractivity contribution in [1.82, 2.24) is 0 Å². The summed E-state index contributed by atoms with van der Waals surface area (Å²) < 4.78 is 5.11. The lowest BCUT2D eigenvalue weighted by Crippen LogP contribution is -2.46. The summed E-state index contributed by atoms with van der Waals surface area (Å²) >= 11 is 11.2. The lowest BCUT2D eigenvalue weighted by atomic mass is 9.95. The number of carbonyl (C=O) groups is 1. The van der Waals surface area contributed by atoms with E-state index in [0.29, 0.717) is 22.2 Å². The Bertz CT molecular complexity index is 707. The number of nitrogens with zero attached hydrogens (tertiary/aromatic N) is 2. The van der Waals surface area contributed by atoms with Crippen LogP contribution >= 0.6 is 23.8 Å². The van der Waals surface area contributed by atoms with E-state index in [9.17, 15) is 4.79 Å². The zero-order valence-electron chi connectivity index (χ0n) is 11.1. The molecular formula is C15H11ClN2O2S. The number of hydrogen-bond donors (Lipinski definition) is 0. The van der Waals surface area contributed by atoms with Crippen LogP contribution in [0.1, 0.15) is 0 Å². The van der Waals surface area contributed by atoms with Gasteiger partial charge < -0.3 is 4.74 Å². The van der Waals surface area contributed by atoms with Gasteiger partial charge in [-0.05, 0) is 54.7 Å². The van der Waals surface area contributed by atoms with Gasteiger partial charge in [0.15, 0.2) is 0 Å². The van der Waals surface area contributed by atoms with E-state index in [1.54, 1.807) is 49.6 Å². The summed E-state index contributed by atoms with van der Waals surface area (Å²) in [6.07, 6.45) is 5.11. The third kappa shape index (κ3) is 2.50. The van der Waals surface area contributed by atoms with E-state index in [-0.39, 0.29) is 11.0 Å². The van der Waals surface area contributed by atoms with Crippen LogP contribution in [-0.2, 0) is 4.79 Å². The second kappa shape index (κ2) is 5.42. The van der Waals surface area contributed by atoms with Gasteiger partial charge in [0, 0.05) is 5.03 Å². The molecule has 1 aliphatic heterocycles. The van der Waals surface area contributed by atoms with Crippen LogP contribution in [-0.4, -0.2) is 23.8 Å². The maximum Gasteiger partial charge on any atom is 0.246 e. The molecular weight excluding hydrogens is 308 g/mol. The van der Waals surface area contributed by atoms with Crippen molar-refractivity contribution in [3.05, 3.63) is 47.5 Å². The van der Waals surface area contributed by atoms with Gasteiger partial charge in [-0.1, -0.05) is 11.6 Å². The fraction of sp³-hybridized carbons (Fsp3) is 0.133. The number of allylic oxidation sites excluding steroid dienone is 3. The van der Waals surface area contributed by atoms with E-state index < -0.39 is 5.92 Å². The summed E-state index contributed by atoms with van der Waals surface area (Å²) in [5.41, 5.74) is 1.28. The summed E-state index contributed by atoms with van der Waals surface area (Å²) in [7, 11) is 1.59. The number of halogens is 1. The van der Waals surface area contributed by atoms with Crippen molar-refractivity contribution in [2.45, 2.75) is 0 Å². The molecule has 0 saturated heterocycles. The van der Waals surface area contributed by atoms with Crippen molar-refractivity contribution >= 4 is 46.2 Å². The Labute approximate surface area is 132 Å². The van der Waals surface area contributed by atoms with Gasteiger partial charge in [0.2, 0.25) is 11.0 Å². The number of ether oxygens (including phenoxy) is 1. The Hall–Kier alpha value is -1.98. The highest BCUT2D eigenvalue weighted by atomic mass is 35.5. The summed E-state index contributed by atoms with van der Waals surface area (Å²) in [5.74, 6) is 0.0656. The van der Waals surface area contributed by atoms with Gasteiger partial charge in [0.05, 0.1) is 18.5 Å². The Morgan fingerprint density at radius 2 is 2.00 bits per heavy atom. The molecule has 2 aliphatic rings. The van der Waals surface area contributed by atoms with Gasteiger partial charge in [-0.3, -0.25) is 9.69 Å². The van der Waals surface area contributed by atoms with Crippen LogP contribution in [0.4, 0.5) is 5.69 Å². The molecule has 1 aliphatic carbocycles. The van der Waals surface area contributed by atoms with Crippen molar-refractivity contribution in [2.75, 3.05) is 12.0 Å². The summed E-state index contributed by atoms with van der Waals surface area (Å²) in [4.78, 5) is 18.4. The maximum atomic E-state index is 12.7. The first-order valence-electron chi connectivity index (χ1n) is 6.26. The Morgan fingerprint density at radius 1 is 1.29 bits per heavy atom. The van der Waals surface area contributed by atoms with Gasteiger partial charge >= 0.3 is 0 Å². The zero-order chi connectivity index (χ0) is 15.0. The molecule has 4 nitrogen and oxygen atoms in total. The van der Waals surface area contributed by atoms with Crippen molar-refractivity contribution in [3.8, 4) is 5.75 Å². The lowest BCUT2D eigenvalue weighted by Gasteiger charge is -2.30. The Kier molecular flexibility index (Phi) is 3.61. The van der Waals surface area contributed by atoms with Crippen LogP contribution in [0, 0.1) is 5.92 Å². The molecule has 0 spiro atoms. The van der Waals surface area contributed by atoms with E-state index in [4.69, 9.17) is 28.6 Å². The fourth-order valence-corrected chi connectivity index (χ4v) is 2.73. The van der Waals surface area contributed by atoms with Crippen LogP contribution in [0.15, 0.2) is 52.5 Å². The first kappa shape index (κ1) is 14.0. The minimum Gasteiger partial charge on any atom is -0.497 e. The molecule has 106 valence electrons. The second-order valence-electron chi connectivity index (χ2n) is 4.55. The van der Waals surface area contributed by atoms with Gasteiger partial charge in [0.1, 0.15) is 11.7 Å². The van der Waals surface area contributed by atoms with Crippen LogP contribution in [0.3, 0.4) is 0 Å². The number of hydrogen-bond acceptors (Lipinski definition) is 3. The predicted octanol–water partition coefficient (Wildman–Crippen LogP) is 3.08. The van der Waals surface area contributed by atoms with E-state index in [1.165, 1.54) is 4.90 Å². The monoisotopic (exact) mass is 318 g/mol. The zero-order valence-corrected chi connectivity index (χ0v) is 12.7. The highest BCUT2D eigenvalue weighted by molar-refractivity contribution is 7.80. The highest BCUT2D eigenvalue weighted by Gasteiger charge is 2.35. The molecule has 0 aromatic heterocycles. The van der Waals surface area contributed by atoms with Gasteiger partial charge in [-0.2, -0.15) is 0 Å². The van der Waals surface area contributed by atoms with E-state index in [2.05, 4.69) is 4.99 Å². The van der Waals surface area contributed by atoms with Gasteiger partial charge in [-0.15, -0.1) is 0 Å². The van der Waals surface area contributed by atoms with E-state index in [0.717, 1.165) is 0 Å². The predicted molar refractivity (Wildman–Crippen MR) is 87.1 cm³/mol. The first-order valence-corrected chi connectivity index (χ1v) is 7.05. The average molecular weight is 319 g/mol. The standard InChI is InChI=1S/C15H11ClN2O2S/c1-20-11-5-3-10(4-6-11)18-14(19)12-8-9(16)2-7-13(12)17-15(18)21/h2-8,12H,1H3. The molecule has 6 heteroatoms. The van der Waals surface area contributed by atoms with Crippen LogP contribution in [0.2, 0.25) is 0 Å². The van der Waals surface area contributed by atoms with Crippen LogP contribution in [0.25, 0.3) is 0 Å². The molecule has 1 heterocycles. The number of aliphatic imine (C=N–C) groups is 1. The normalized spacial score (nSPS) is 20.9. The van der Waals surface area contributed by atoms with E-state index in [1.807, 2.05) is 0 Å². The van der Waals surface area contributed by atoms with Gasteiger partial charge in [-0.25, -0.2) is 4.99 Å². The number of methoxy groups -OCH3 is 1. The summed E-state index contributed by atoms with van der Waals surface area (Å²) in [6, 6.07) is 7.09. The minimum absolute atomic E-state index is 0.155. The van der Waals surface area contributed by atoms with Crippen molar-refractivity contribution < 1.29 is 9.53 Å². The molecule has 3 rings (SSSR count). The molecule has 0 radical (unpaired) electrons. The summed E-state index contributed by atoms with van der Waals surface area (Å²) in [5, 5.41) is 0.752. The smallest absolute Gasteiger partial charge is 0.246 e. The van der Waals surface area contributed by atoms with Crippen LogP contribution in [0.5, 0.6) is 5.75 Å². The van der Waals surface area contributed by atoms with Crippen molar-refractivity contribution in [1.29, 1.82) is 0 Å². The Balaban J connectivity index is 2.00. The highest BCUT2D eigenvalue weighted by Crippen LogP contribution is 2.28. The number of amides is 1. The molecule has 1 unspecified atom stereocenters. The number of carbonyl (C=O) groups excluding carboxylic acids is 1. The number of rotatable bonds is 2. The quantitative estimate of drug-likeness (QED) is 0.787. The average Bonchev–Trinajstić information content (AvgIpc) is 2.49. The number of thiocarbonyl (C=S) groups is 1. The largest absolute Gasteiger partial charge is 0.497 e. The third-order valence-corrected chi connectivity index (χ3v) is 3.82. The summed E-state index contributed by atoms with van der Waals surface area (Å²) in [6.45, 7) is 0. The van der Waals surface area contributed by atoms with Crippen molar-refractivity contribution in [3.63, 3.8) is 0 Å². The fourth-order valence-electron chi connectivity index (χ4n) is 2.24.